The van der Waals surface area contributed by atoms with Crippen molar-refractivity contribution in [1.29, 1.82) is 0 Å². The molecule has 1 N–H and O–H groups in total. The third-order valence-corrected chi connectivity index (χ3v) is 6.82. The van der Waals surface area contributed by atoms with E-state index < -0.39 is 0 Å². The Bertz CT molecular complexity index is 432. The first-order chi connectivity index (χ1) is 9.12. The quantitative estimate of drug-likeness (QED) is 0.611. The maximum atomic E-state index is 12.6. The molecule has 0 spiro atoms. The lowest BCUT2D eigenvalue weighted by Gasteiger charge is -2.28. The summed E-state index contributed by atoms with van der Waals surface area (Å²) in [4.78, 5) is 12.6. The average molecular weight is 260 g/mol. The van der Waals surface area contributed by atoms with Crippen molar-refractivity contribution >= 4 is 5.78 Å². The lowest BCUT2D eigenvalue weighted by molar-refractivity contribution is -0.123. The number of aliphatic hydroxyl groups excluding tert-OH is 1. The van der Waals surface area contributed by atoms with E-state index in [0.29, 0.717) is 5.76 Å². The second-order valence-electron chi connectivity index (χ2n) is 7.75. The largest absolute Gasteiger partial charge is 0.512 e. The molecule has 0 radical (unpaired) electrons. The predicted molar refractivity (Wildman–Crippen MR) is 73.7 cm³/mol. The van der Waals surface area contributed by atoms with Crippen molar-refractivity contribution in [3.8, 4) is 0 Å². The molecule has 4 rings (SSSR count). The molecule has 0 aromatic carbocycles. The highest BCUT2D eigenvalue weighted by Crippen LogP contribution is 2.58. The number of carbonyl (C=O) groups is 1. The van der Waals surface area contributed by atoms with Gasteiger partial charge in [0.15, 0.2) is 5.78 Å². The van der Waals surface area contributed by atoms with Crippen LogP contribution in [0.3, 0.4) is 0 Å². The monoisotopic (exact) mass is 260 g/mol. The number of allylic oxidation sites excluding steroid dienone is 2. The molecule has 4 aliphatic rings. The summed E-state index contributed by atoms with van der Waals surface area (Å²) in [5, 5.41) is 10.5. The number of hydrogen-bond donors (Lipinski definition) is 1. The number of hydrogen-bond acceptors (Lipinski definition) is 2. The van der Waals surface area contributed by atoms with Gasteiger partial charge in [0.1, 0.15) is 5.76 Å². The van der Waals surface area contributed by atoms with Gasteiger partial charge in [-0.1, -0.05) is 0 Å². The van der Waals surface area contributed by atoms with Crippen LogP contribution in [0, 0.1) is 22.7 Å². The van der Waals surface area contributed by atoms with E-state index in [9.17, 15) is 9.90 Å². The van der Waals surface area contributed by atoms with Crippen molar-refractivity contribution < 1.29 is 9.90 Å². The molecule has 0 atom stereocenters. The minimum Gasteiger partial charge on any atom is -0.512 e. The number of ketones is 1. The minimum absolute atomic E-state index is 0.00637. The number of carbonyl (C=O) groups excluding carboxylic acids is 1. The van der Waals surface area contributed by atoms with Gasteiger partial charge < -0.3 is 5.11 Å². The molecule has 2 heteroatoms. The fraction of sp³-hybridized carbons (Fsp3) is 0.824. The van der Waals surface area contributed by atoms with Gasteiger partial charge in [0.25, 0.3) is 0 Å². The van der Waals surface area contributed by atoms with Crippen molar-refractivity contribution in [2.75, 3.05) is 0 Å². The molecule has 0 aliphatic heterocycles. The van der Waals surface area contributed by atoms with Gasteiger partial charge >= 0.3 is 0 Å². The molecule has 0 amide bonds. The van der Waals surface area contributed by atoms with Crippen LogP contribution < -0.4 is 0 Å². The van der Waals surface area contributed by atoms with Crippen LogP contribution in [0.25, 0.3) is 0 Å². The van der Waals surface area contributed by atoms with Crippen molar-refractivity contribution in [3.63, 3.8) is 0 Å². The zero-order chi connectivity index (χ0) is 13.1. The third kappa shape index (κ3) is 1.64. The summed E-state index contributed by atoms with van der Waals surface area (Å²) in [7, 11) is 0. The number of rotatable bonds is 3. The molecule has 4 saturated carbocycles. The van der Waals surface area contributed by atoms with Crippen molar-refractivity contribution in [1.82, 2.24) is 0 Å². The molecule has 4 fully saturated rings. The SMILES string of the molecule is O=C(/C=C(\O)C12CCC(CC1)C2)C12CCC(CC1)C2. The van der Waals surface area contributed by atoms with E-state index in [1.165, 1.54) is 25.7 Å². The Morgan fingerprint density at radius 1 is 0.895 bits per heavy atom. The molecular weight excluding hydrogens is 236 g/mol. The van der Waals surface area contributed by atoms with Gasteiger partial charge in [-0.3, -0.25) is 4.79 Å². The van der Waals surface area contributed by atoms with Gasteiger partial charge in [0.2, 0.25) is 0 Å². The molecule has 4 aliphatic carbocycles. The molecule has 19 heavy (non-hydrogen) atoms. The summed E-state index contributed by atoms with van der Waals surface area (Å²) in [5.74, 6) is 2.28. The fourth-order valence-corrected chi connectivity index (χ4v) is 5.52. The summed E-state index contributed by atoms with van der Waals surface area (Å²) >= 11 is 0. The number of fused-ring (bicyclic) bond motifs is 4. The van der Waals surface area contributed by atoms with Crippen LogP contribution in [-0.2, 0) is 4.79 Å². The summed E-state index contributed by atoms with van der Waals surface area (Å²) in [6, 6.07) is 0. The predicted octanol–water partition coefficient (Wildman–Crippen LogP) is 4.16. The Hall–Kier alpha value is -0.790. The highest BCUT2D eigenvalue weighted by molar-refractivity contribution is 5.95. The van der Waals surface area contributed by atoms with Crippen LogP contribution in [-0.4, -0.2) is 10.9 Å². The number of aliphatic hydroxyl groups is 1. The Labute approximate surface area is 115 Å². The summed E-state index contributed by atoms with van der Waals surface area (Å²) in [5.41, 5.74) is -0.0839. The molecule has 4 bridgehead atoms. The lowest BCUT2D eigenvalue weighted by atomic mass is 9.77. The summed E-state index contributed by atoms with van der Waals surface area (Å²) < 4.78 is 0. The van der Waals surface area contributed by atoms with E-state index in [0.717, 1.165) is 50.4 Å². The fourth-order valence-electron chi connectivity index (χ4n) is 5.52. The van der Waals surface area contributed by atoms with Crippen molar-refractivity contribution in [2.45, 2.75) is 64.2 Å². The first kappa shape index (κ1) is 12.0. The Morgan fingerprint density at radius 3 is 1.79 bits per heavy atom. The van der Waals surface area contributed by atoms with E-state index in [2.05, 4.69) is 0 Å². The molecular formula is C17H24O2. The maximum Gasteiger partial charge on any atom is 0.165 e. The molecule has 0 aromatic heterocycles. The highest BCUT2D eigenvalue weighted by atomic mass is 16.3. The van der Waals surface area contributed by atoms with Crippen LogP contribution in [0.4, 0.5) is 0 Å². The minimum atomic E-state index is -0.0775. The average Bonchev–Trinajstić information content (AvgIpc) is 3.19. The third-order valence-electron chi connectivity index (χ3n) is 6.82. The van der Waals surface area contributed by atoms with Gasteiger partial charge in [-0.15, -0.1) is 0 Å². The zero-order valence-corrected chi connectivity index (χ0v) is 11.7. The van der Waals surface area contributed by atoms with Gasteiger partial charge in [-0.25, -0.2) is 0 Å². The first-order valence-corrected chi connectivity index (χ1v) is 8.08. The topological polar surface area (TPSA) is 37.3 Å². The molecule has 2 nitrogen and oxygen atoms in total. The van der Waals surface area contributed by atoms with Crippen LogP contribution in [0.5, 0.6) is 0 Å². The van der Waals surface area contributed by atoms with Gasteiger partial charge in [-0.2, -0.15) is 0 Å². The van der Waals surface area contributed by atoms with E-state index in [-0.39, 0.29) is 16.6 Å². The maximum absolute atomic E-state index is 12.6. The van der Waals surface area contributed by atoms with Gasteiger partial charge in [0.05, 0.1) is 0 Å². The van der Waals surface area contributed by atoms with Crippen LogP contribution in [0.15, 0.2) is 11.8 Å². The second kappa shape index (κ2) is 3.86. The summed E-state index contributed by atoms with van der Waals surface area (Å²) in [6.07, 6.45) is 13.2. The Balaban J connectivity index is 1.56. The normalized spacial score (nSPS) is 48.1. The van der Waals surface area contributed by atoms with Crippen molar-refractivity contribution in [2.24, 2.45) is 22.7 Å². The van der Waals surface area contributed by atoms with Crippen LogP contribution in [0.1, 0.15) is 64.2 Å². The molecule has 0 unspecified atom stereocenters. The first-order valence-electron chi connectivity index (χ1n) is 8.08. The molecule has 104 valence electrons. The highest BCUT2D eigenvalue weighted by Gasteiger charge is 2.51. The van der Waals surface area contributed by atoms with E-state index in [1.807, 2.05) is 0 Å². The standard InChI is InChI=1S/C17H24O2/c18-14(16-5-1-12(10-16)2-6-16)9-15(19)17-7-3-13(11-17)4-8-17/h9,12-13,18H,1-8,10-11H2/b14-9-. The Morgan fingerprint density at radius 2 is 1.37 bits per heavy atom. The smallest absolute Gasteiger partial charge is 0.165 e. The molecule has 0 saturated heterocycles. The van der Waals surface area contributed by atoms with Gasteiger partial charge in [0, 0.05) is 16.9 Å². The lowest BCUT2D eigenvalue weighted by Crippen LogP contribution is -2.26. The van der Waals surface area contributed by atoms with Crippen LogP contribution >= 0.6 is 0 Å². The van der Waals surface area contributed by atoms with Gasteiger partial charge in [-0.05, 0) is 76.0 Å². The van der Waals surface area contributed by atoms with Crippen molar-refractivity contribution in [3.05, 3.63) is 11.8 Å². The summed E-state index contributed by atoms with van der Waals surface area (Å²) in [6.45, 7) is 0. The van der Waals surface area contributed by atoms with E-state index >= 15 is 0 Å². The molecule has 0 aromatic rings. The van der Waals surface area contributed by atoms with Crippen LogP contribution in [0.2, 0.25) is 0 Å². The Kier molecular flexibility index (Phi) is 2.44. The molecule has 0 heterocycles. The zero-order valence-electron chi connectivity index (χ0n) is 11.7. The van der Waals surface area contributed by atoms with E-state index in [4.69, 9.17) is 0 Å². The second-order valence-corrected chi connectivity index (χ2v) is 7.75. The van der Waals surface area contributed by atoms with E-state index in [1.54, 1.807) is 6.08 Å².